The maximum absolute atomic E-state index is 8.98. The lowest BCUT2D eigenvalue weighted by Crippen LogP contribution is -2.14. The van der Waals surface area contributed by atoms with Crippen molar-refractivity contribution in [2.45, 2.75) is 38.8 Å². The first-order valence-electron chi connectivity index (χ1n) is 5.00. The van der Waals surface area contributed by atoms with E-state index in [0.29, 0.717) is 0 Å². The summed E-state index contributed by atoms with van der Waals surface area (Å²) in [6, 6.07) is 0. The molecule has 1 saturated carbocycles. The first-order chi connectivity index (χ1) is 6.40. The molecule has 3 nitrogen and oxygen atoms in total. The molecule has 1 N–H and O–H groups in total. The van der Waals surface area contributed by atoms with Crippen molar-refractivity contribution in [2.24, 2.45) is 5.92 Å². The fourth-order valence-electron chi connectivity index (χ4n) is 1.78. The smallest absolute Gasteiger partial charge is 0.0948 e. The summed E-state index contributed by atoms with van der Waals surface area (Å²) in [5.41, 5.74) is 0.930. The molecule has 1 aliphatic carbocycles. The third-order valence-corrected chi connectivity index (χ3v) is 2.96. The highest BCUT2D eigenvalue weighted by molar-refractivity contribution is 4.95. The number of aryl methyl sites for hydroxylation is 1. The van der Waals surface area contributed by atoms with Crippen molar-refractivity contribution in [3.8, 4) is 0 Å². The van der Waals surface area contributed by atoms with E-state index in [4.69, 9.17) is 5.11 Å². The second-order valence-corrected chi connectivity index (χ2v) is 3.82. The van der Waals surface area contributed by atoms with E-state index in [-0.39, 0.29) is 6.61 Å². The normalized spacial score (nSPS) is 17.3. The Morgan fingerprint density at radius 2 is 2.38 bits per heavy atom. The van der Waals surface area contributed by atoms with Crippen LogP contribution in [0.4, 0.5) is 0 Å². The third kappa shape index (κ3) is 1.91. The maximum atomic E-state index is 8.98. The summed E-state index contributed by atoms with van der Waals surface area (Å²) in [5.74, 6) is 0.925. The minimum absolute atomic E-state index is 0.102. The van der Waals surface area contributed by atoms with Crippen molar-refractivity contribution in [1.82, 2.24) is 9.55 Å². The van der Waals surface area contributed by atoms with Gasteiger partial charge in [-0.25, -0.2) is 4.98 Å². The SMILES string of the molecule is OCc1cncn1CCC1CCC1. The van der Waals surface area contributed by atoms with Gasteiger partial charge in [0.05, 0.1) is 24.8 Å². The van der Waals surface area contributed by atoms with Crippen molar-refractivity contribution >= 4 is 0 Å². The highest BCUT2D eigenvalue weighted by Crippen LogP contribution is 2.29. The van der Waals surface area contributed by atoms with Crippen LogP contribution in [0.2, 0.25) is 0 Å². The van der Waals surface area contributed by atoms with Gasteiger partial charge in [0, 0.05) is 6.54 Å². The number of nitrogens with zero attached hydrogens (tertiary/aromatic N) is 2. The molecule has 1 aliphatic rings. The highest BCUT2D eigenvalue weighted by atomic mass is 16.3. The van der Waals surface area contributed by atoms with Crippen LogP contribution < -0.4 is 0 Å². The van der Waals surface area contributed by atoms with E-state index in [9.17, 15) is 0 Å². The first-order valence-corrected chi connectivity index (χ1v) is 5.00. The molecular formula is C10H16N2O. The molecule has 2 rings (SSSR count). The van der Waals surface area contributed by atoms with Gasteiger partial charge in [0.2, 0.25) is 0 Å². The summed E-state index contributed by atoms with van der Waals surface area (Å²) < 4.78 is 2.05. The Balaban J connectivity index is 1.85. The molecule has 0 aliphatic heterocycles. The highest BCUT2D eigenvalue weighted by Gasteiger charge is 2.17. The number of aliphatic hydroxyl groups is 1. The zero-order valence-corrected chi connectivity index (χ0v) is 7.82. The van der Waals surface area contributed by atoms with Gasteiger partial charge in [-0.1, -0.05) is 19.3 Å². The van der Waals surface area contributed by atoms with Gasteiger partial charge in [0.25, 0.3) is 0 Å². The van der Waals surface area contributed by atoms with Crippen LogP contribution in [-0.2, 0) is 13.2 Å². The molecule has 0 saturated heterocycles. The molecule has 0 radical (unpaired) electrons. The molecule has 0 spiro atoms. The summed E-state index contributed by atoms with van der Waals surface area (Å²) in [4.78, 5) is 4.02. The van der Waals surface area contributed by atoms with Crippen molar-refractivity contribution in [3.63, 3.8) is 0 Å². The van der Waals surface area contributed by atoms with E-state index in [0.717, 1.165) is 18.2 Å². The molecule has 1 fully saturated rings. The number of imidazole rings is 1. The monoisotopic (exact) mass is 180 g/mol. The Morgan fingerprint density at radius 1 is 1.54 bits per heavy atom. The van der Waals surface area contributed by atoms with Crippen LogP contribution in [0.1, 0.15) is 31.4 Å². The lowest BCUT2D eigenvalue weighted by atomic mass is 9.83. The van der Waals surface area contributed by atoms with Gasteiger partial charge in [-0.3, -0.25) is 0 Å². The summed E-state index contributed by atoms with van der Waals surface area (Å²) in [7, 11) is 0. The van der Waals surface area contributed by atoms with Crippen molar-refractivity contribution < 1.29 is 5.11 Å². The zero-order valence-electron chi connectivity index (χ0n) is 7.82. The zero-order chi connectivity index (χ0) is 9.10. The molecule has 0 unspecified atom stereocenters. The number of rotatable bonds is 4. The molecule has 3 heteroatoms. The van der Waals surface area contributed by atoms with Gasteiger partial charge < -0.3 is 9.67 Å². The average Bonchev–Trinajstić information content (AvgIpc) is 2.49. The molecule has 1 aromatic rings. The van der Waals surface area contributed by atoms with E-state index < -0.39 is 0 Å². The first kappa shape index (κ1) is 8.75. The Morgan fingerprint density at radius 3 is 3.00 bits per heavy atom. The van der Waals surface area contributed by atoms with Crippen LogP contribution in [0.15, 0.2) is 12.5 Å². The van der Waals surface area contributed by atoms with E-state index in [2.05, 4.69) is 9.55 Å². The largest absolute Gasteiger partial charge is 0.390 e. The molecular weight excluding hydrogens is 164 g/mol. The van der Waals surface area contributed by atoms with Crippen LogP contribution in [-0.4, -0.2) is 14.7 Å². The standard InChI is InChI=1S/C10H16N2O/c13-7-10-6-11-8-12(10)5-4-9-2-1-3-9/h6,8-9,13H,1-5,7H2. The van der Waals surface area contributed by atoms with Crippen LogP contribution in [0.3, 0.4) is 0 Å². The predicted octanol–water partition coefficient (Wildman–Crippen LogP) is 1.57. The Bertz CT molecular complexity index is 266. The summed E-state index contributed by atoms with van der Waals surface area (Å²) in [6.07, 6.45) is 8.97. The maximum Gasteiger partial charge on any atom is 0.0948 e. The Kier molecular flexibility index (Phi) is 2.64. The van der Waals surface area contributed by atoms with Crippen LogP contribution in [0, 0.1) is 5.92 Å². The second kappa shape index (κ2) is 3.92. The van der Waals surface area contributed by atoms with Crippen LogP contribution in [0.25, 0.3) is 0 Å². The lowest BCUT2D eigenvalue weighted by Gasteiger charge is -2.25. The fraction of sp³-hybridized carbons (Fsp3) is 0.700. The van der Waals surface area contributed by atoms with Gasteiger partial charge in [0.15, 0.2) is 0 Å². The van der Waals surface area contributed by atoms with Crippen LogP contribution in [0.5, 0.6) is 0 Å². The molecule has 13 heavy (non-hydrogen) atoms. The minimum Gasteiger partial charge on any atom is -0.390 e. The Hall–Kier alpha value is -0.830. The number of hydrogen-bond acceptors (Lipinski definition) is 2. The molecule has 0 amide bonds. The van der Waals surface area contributed by atoms with Gasteiger partial charge >= 0.3 is 0 Å². The number of aliphatic hydroxyl groups excluding tert-OH is 1. The molecule has 0 atom stereocenters. The molecule has 0 bridgehead atoms. The van der Waals surface area contributed by atoms with Crippen molar-refractivity contribution in [1.29, 1.82) is 0 Å². The lowest BCUT2D eigenvalue weighted by molar-refractivity contribution is 0.257. The Labute approximate surface area is 78.4 Å². The fourth-order valence-corrected chi connectivity index (χ4v) is 1.78. The van der Waals surface area contributed by atoms with Gasteiger partial charge in [-0.15, -0.1) is 0 Å². The summed E-state index contributed by atoms with van der Waals surface area (Å²) in [5, 5.41) is 8.98. The number of aromatic nitrogens is 2. The predicted molar refractivity (Wildman–Crippen MR) is 50.1 cm³/mol. The van der Waals surface area contributed by atoms with Crippen molar-refractivity contribution in [2.75, 3.05) is 0 Å². The van der Waals surface area contributed by atoms with Crippen molar-refractivity contribution in [3.05, 3.63) is 18.2 Å². The second-order valence-electron chi connectivity index (χ2n) is 3.82. The minimum atomic E-state index is 0.102. The van der Waals surface area contributed by atoms with Gasteiger partial charge in [-0.05, 0) is 12.3 Å². The number of hydrogen-bond donors (Lipinski definition) is 1. The summed E-state index contributed by atoms with van der Waals surface area (Å²) >= 11 is 0. The molecule has 1 aromatic heterocycles. The van der Waals surface area contributed by atoms with E-state index in [1.807, 2.05) is 6.33 Å². The van der Waals surface area contributed by atoms with E-state index >= 15 is 0 Å². The van der Waals surface area contributed by atoms with Gasteiger partial charge in [0.1, 0.15) is 0 Å². The topological polar surface area (TPSA) is 38.1 Å². The third-order valence-electron chi connectivity index (χ3n) is 2.96. The summed E-state index contributed by atoms with van der Waals surface area (Å²) in [6.45, 7) is 1.12. The molecule has 0 aromatic carbocycles. The quantitative estimate of drug-likeness (QED) is 0.763. The molecule has 72 valence electrons. The van der Waals surface area contributed by atoms with E-state index in [1.54, 1.807) is 6.20 Å². The average molecular weight is 180 g/mol. The van der Waals surface area contributed by atoms with E-state index in [1.165, 1.54) is 25.7 Å². The molecule has 1 heterocycles. The van der Waals surface area contributed by atoms with Crippen LogP contribution >= 0.6 is 0 Å². The van der Waals surface area contributed by atoms with Gasteiger partial charge in [-0.2, -0.15) is 0 Å².